The molecule has 0 aromatic carbocycles. The molecule has 0 rings (SSSR count). The van der Waals surface area contributed by atoms with Crippen LogP contribution in [0.25, 0.3) is 0 Å². The molecule has 5 heteroatoms. The lowest BCUT2D eigenvalue weighted by atomic mass is 9.99. The van der Waals surface area contributed by atoms with Gasteiger partial charge in [0.2, 0.25) is 5.91 Å². The first-order valence-electron chi connectivity index (χ1n) is 27.3. The third-order valence-electron chi connectivity index (χ3n) is 13.2. The van der Waals surface area contributed by atoms with Gasteiger partial charge in [0.05, 0.1) is 18.8 Å². The van der Waals surface area contributed by atoms with Crippen LogP contribution in [0, 0.1) is 0 Å². The van der Waals surface area contributed by atoms with E-state index in [1.54, 1.807) is 0 Å². The van der Waals surface area contributed by atoms with Gasteiger partial charge in [0, 0.05) is 6.42 Å². The van der Waals surface area contributed by atoms with E-state index in [9.17, 15) is 20.1 Å². The number of hydrogen-bond acceptors (Lipinski definition) is 4. The second-order valence-corrected chi connectivity index (χ2v) is 19.2. The summed E-state index contributed by atoms with van der Waals surface area (Å²) in [6.45, 7) is 4.22. The molecule has 4 N–H and O–H groups in total. The Balaban J connectivity index is 3.49. The minimum absolute atomic E-state index is 0.136. The number of unbranched alkanes of at least 4 members (excludes halogenated alkanes) is 43. The summed E-state index contributed by atoms with van der Waals surface area (Å²) in [5.74, 6) is -0.136. The molecule has 0 aliphatic rings. The summed E-state index contributed by atoms with van der Waals surface area (Å²) in [5, 5.41) is 33.8. The molecular formula is C54H109NO4. The average molecular weight is 836 g/mol. The first-order chi connectivity index (χ1) is 29.1. The van der Waals surface area contributed by atoms with Crippen LogP contribution in [0.5, 0.6) is 0 Å². The van der Waals surface area contributed by atoms with Gasteiger partial charge in [0.1, 0.15) is 6.10 Å². The molecule has 1 amide bonds. The third-order valence-corrected chi connectivity index (χ3v) is 13.2. The van der Waals surface area contributed by atoms with Crippen LogP contribution in [0.4, 0.5) is 0 Å². The minimum atomic E-state index is -1.13. The van der Waals surface area contributed by atoms with Crippen LogP contribution in [0.1, 0.15) is 316 Å². The SMILES string of the molecule is CCCCCCCCCCCCCCCCCCCCCCCCCCCCC(=O)NC(CO)C(O)C(O)CCCCCCCCCCCCCCCCCCCCC. The maximum atomic E-state index is 12.5. The van der Waals surface area contributed by atoms with Crippen LogP contribution in [0.3, 0.4) is 0 Å². The van der Waals surface area contributed by atoms with Crippen molar-refractivity contribution in [3.05, 3.63) is 0 Å². The summed E-state index contributed by atoms with van der Waals surface area (Å²) >= 11 is 0. The smallest absolute Gasteiger partial charge is 0.220 e. The number of carbonyl (C=O) groups is 1. The highest BCUT2D eigenvalue weighted by molar-refractivity contribution is 5.76. The van der Waals surface area contributed by atoms with Crippen molar-refractivity contribution in [3.63, 3.8) is 0 Å². The fourth-order valence-corrected chi connectivity index (χ4v) is 8.99. The second-order valence-electron chi connectivity index (χ2n) is 19.2. The van der Waals surface area contributed by atoms with E-state index < -0.39 is 18.2 Å². The van der Waals surface area contributed by atoms with E-state index in [4.69, 9.17) is 0 Å². The Bertz CT molecular complexity index is 792. The standard InChI is InChI=1S/C54H109NO4/c1-3-5-7-9-11-13-15-17-19-21-23-24-25-26-27-28-29-31-33-35-37-39-41-43-45-47-49-53(58)55-51(50-56)54(59)52(57)48-46-44-42-40-38-36-34-32-30-22-20-18-16-14-12-10-8-6-4-2/h51-52,54,56-57,59H,3-50H2,1-2H3,(H,55,58). The van der Waals surface area contributed by atoms with Gasteiger partial charge in [-0.1, -0.05) is 296 Å². The molecule has 354 valence electrons. The Kier molecular flexibility index (Phi) is 49.4. The van der Waals surface area contributed by atoms with E-state index in [-0.39, 0.29) is 12.5 Å². The van der Waals surface area contributed by atoms with E-state index in [0.717, 1.165) is 32.1 Å². The van der Waals surface area contributed by atoms with Crippen molar-refractivity contribution in [2.75, 3.05) is 6.61 Å². The van der Waals surface area contributed by atoms with Gasteiger partial charge >= 0.3 is 0 Å². The molecular weight excluding hydrogens is 727 g/mol. The van der Waals surface area contributed by atoms with E-state index in [2.05, 4.69) is 19.2 Å². The van der Waals surface area contributed by atoms with Crippen molar-refractivity contribution in [2.45, 2.75) is 334 Å². The van der Waals surface area contributed by atoms with Crippen molar-refractivity contribution in [1.29, 1.82) is 0 Å². The third kappa shape index (κ3) is 45.2. The molecule has 0 saturated carbocycles. The minimum Gasteiger partial charge on any atom is -0.394 e. The molecule has 0 aromatic rings. The van der Waals surface area contributed by atoms with Crippen molar-refractivity contribution < 1.29 is 20.1 Å². The fourth-order valence-electron chi connectivity index (χ4n) is 8.99. The van der Waals surface area contributed by atoms with E-state index in [0.29, 0.717) is 12.8 Å². The summed E-state index contributed by atoms with van der Waals surface area (Å²) < 4.78 is 0. The van der Waals surface area contributed by atoms with Crippen LogP contribution >= 0.6 is 0 Å². The van der Waals surface area contributed by atoms with Gasteiger partial charge in [0.15, 0.2) is 0 Å². The largest absolute Gasteiger partial charge is 0.394 e. The number of carbonyl (C=O) groups excluding carboxylic acids is 1. The van der Waals surface area contributed by atoms with Crippen molar-refractivity contribution >= 4 is 5.91 Å². The van der Waals surface area contributed by atoms with Crippen LogP contribution in [0.15, 0.2) is 0 Å². The Morgan fingerprint density at radius 3 is 0.814 bits per heavy atom. The molecule has 3 atom stereocenters. The molecule has 0 bridgehead atoms. The van der Waals surface area contributed by atoms with Gasteiger partial charge in [0.25, 0.3) is 0 Å². The fraction of sp³-hybridized carbons (Fsp3) is 0.981. The lowest BCUT2D eigenvalue weighted by molar-refractivity contribution is -0.124. The van der Waals surface area contributed by atoms with Crippen LogP contribution in [0.2, 0.25) is 0 Å². The topological polar surface area (TPSA) is 89.8 Å². The molecule has 5 nitrogen and oxygen atoms in total. The first-order valence-corrected chi connectivity index (χ1v) is 27.3. The van der Waals surface area contributed by atoms with Crippen LogP contribution < -0.4 is 5.32 Å². The Hall–Kier alpha value is -0.650. The van der Waals surface area contributed by atoms with Gasteiger partial charge in [-0.3, -0.25) is 4.79 Å². The molecule has 0 aliphatic heterocycles. The summed E-state index contributed by atoms with van der Waals surface area (Å²) in [5.41, 5.74) is 0. The summed E-state index contributed by atoms with van der Waals surface area (Å²) in [7, 11) is 0. The molecule has 0 aromatic heterocycles. The van der Waals surface area contributed by atoms with Gasteiger partial charge < -0.3 is 20.6 Å². The van der Waals surface area contributed by atoms with Crippen LogP contribution in [-0.2, 0) is 4.79 Å². The number of aliphatic hydroxyl groups excluding tert-OH is 3. The van der Waals surface area contributed by atoms with E-state index >= 15 is 0 Å². The number of rotatable bonds is 51. The maximum Gasteiger partial charge on any atom is 0.220 e. The molecule has 0 spiro atoms. The summed E-state index contributed by atoms with van der Waals surface area (Å²) in [6, 6.07) is -0.804. The molecule has 3 unspecified atom stereocenters. The first kappa shape index (κ1) is 58.4. The van der Waals surface area contributed by atoms with Crippen molar-refractivity contribution in [3.8, 4) is 0 Å². The maximum absolute atomic E-state index is 12.5. The van der Waals surface area contributed by atoms with Gasteiger partial charge in [-0.15, -0.1) is 0 Å². The molecule has 0 radical (unpaired) electrons. The molecule has 0 aliphatic carbocycles. The predicted octanol–water partition coefficient (Wildman–Crippen LogP) is 16.6. The number of hydrogen-bond donors (Lipinski definition) is 4. The molecule has 0 saturated heterocycles. The Labute approximate surface area is 370 Å². The highest BCUT2D eigenvalue weighted by Crippen LogP contribution is 2.18. The van der Waals surface area contributed by atoms with E-state index in [1.807, 2.05) is 0 Å². The molecule has 0 heterocycles. The van der Waals surface area contributed by atoms with Gasteiger partial charge in [-0.25, -0.2) is 0 Å². The monoisotopic (exact) mass is 836 g/mol. The average Bonchev–Trinajstić information content (AvgIpc) is 3.24. The predicted molar refractivity (Wildman–Crippen MR) is 259 cm³/mol. The zero-order valence-electron chi connectivity index (χ0n) is 40.4. The molecule has 59 heavy (non-hydrogen) atoms. The van der Waals surface area contributed by atoms with Gasteiger partial charge in [-0.05, 0) is 12.8 Å². The van der Waals surface area contributed by atoms with Crippen LogP contribution in [-0.4, -0.2) is 46.1 Å². The van der Waals surface area contributed by atoms with Crippen molar-refractivity contribution in [2.24, 2.45) is 0 Å². The highest BCUT2D eigenvalue weighted by Gasteiger charge is 2.26. The van der Waals surface area contributed by atoms with E-state index in [1.165, 1.54) is 257 Å². The second kappa shape index (κ2) is 50.0. The number of aliphatic hydroxyl groups is 3. The van der Waals surface area contributed by atoms with Crippen molar-refractivity contribution in [1.82, 2.24) is 5.32 Å². The summed E-state index contributed by atoms with van der Waals surface area (Å²) in [6.07, 6.45) is 59.6. The Morgan fingerprint density at radius 1 is 0.356 bits per heavy atom. The van der Waals surface area contributed by atoms with Gasteiger partial charge in [-0.2, -0.15) is 0 Å². The summed E-state index contributed by atoms with van der Waals surface area (Å²) in [4.78, 5) is 12.5. The lowest BCUT2D eigenvalue weighted by Crippen LogP contribution is -2.50. The molecule has 0 fully saturated rings. The quantitative estimate of drug-likeness (QED) is 0.0460. The lowest BCUT2D eigenvalue weighted by Gasteiger charge is -2.26. The Morgan fingerprint density at radius 2 is 0.576 bits per heavy atom. The zero-order chi connectivity index (χ0) is 43.0. The normalized spacial score (nSPS) is 13.2. The highest BCUT2D eigenvalue weighted by atomic mass is 16.3. The zero-order valence-corrected chi connectivity index (χ0v) is 40.4. The number of nitrogens with one attached hydrogen (secondary N) is 1. The number of amides is 1.